The van der Waals surface area contributed by atoms with Crippen LogP contribution < -0.4 is 5.32 Å². The van der Waals surface area contributed by atoms with E-state index in [1.54, 1.807) is 13.8 Å². The Kier molecular flexibility index (Phi) is 3.30. The van der Waals surface area contributed by atoms with Gasteiger partial charge in [-0.15, -0.1) is 0 Å². The number of halogens is 2. The van der Waals surface area contributed by atoms with Gasteiger partial charge in [0.15, 0.2) is 0 Å². The highest BCUT2D eigenvalue weighted by Crippen LogP contribution is 2.39. The molecule has 5 heteroatoms. The molecule has 0 aromatic heterocycles. The lowest BCUT2D eigenvalue weighted by Crippen LogP contribution is -2.39. The van der Waals surface area contributed by atoms with E-state index in [4.69, 9.17) is 0 Å². The van der Waals surface area contributed by atoms with Crippen LogP contribution in [0.4, 0.5) is 8.78 Å². The number of nitrogens with one attached hydrogen (secondary N) is 1. The second-order valence-electron chi connectivity index (χ2n) is 4.78. The van der Waals surface area contributed by atoms with E-state index in [0.717, 1.165) is 6.07 Å². The van der Waals surface area contributed by atoms with Gasteiger partial charge in [0.1, 0.15) is 11.6 Å². The Bertz CT molecular complexity index is 556. The number of hydrogen-bond donors (Lipinski definition) is 1. The first-order valence-corrected chi connectivity index (χ1v) is 5.91. The molecule has 0 spiro atoms. The third-order valence-corrected chi connectivity index (χ3v) is 3.77. The van der Waals surface area contributed by atoms with Gasteiger partial charge in [0, 0.05) is 23.7 Å². The highest BCUT2D eigenvalue weighted by Gasteiger charge is 2.43. The lowest BCUT2D eigenvalue weighted by molar-refractivity contribution is -0.136. The van der Waals surface area contributed by atoms with E-state index in [1.807, 2.05) is 0 Å². The Hall–Kier alpha value is -1.91. The van der Waals surface area contributed by atoms with Gasteiger partial charge in [-0.05, 0) is 13.0 Å². The van der Waals surface area contributed by atoms with Crippen LogP contribution in [0.5, 0.6) is 0 Å². The number of methoxy groups -OCH3 is 1. The van der Waals surface area contributed by atoms with Crippen molar-refractivity contribution in [3.63, 3.8) is 0 Å². The monoisotopic (exact) mass is 267 g/mol. The van der Waals surface area contributed by atoms with Gasteiger partial charge in [0.05, 0.1) is 18.2 Å². The molecule has 1 N–H and O–H groups in total. The molecule has 1 aromatic rings. The summed E-state index contributed by atoms with van der Waals surface area (Å²) in [5.41, 5.74) is -0.0494. The zero-order valence-electron chi connectivity index (χ0n) is 11.0. The van der Waals surface area contributed by atoms with Crippen LogP contribution in [0.15, 0.2) is 30.0 Å². The van der Waals surface area contributed by atoms with Crippen LogP contribution in [-0.2, 0) is 15.1 Å². The fourth-order valence-electron chi connectivity index (χ4n) is 2.36. The molecule has 0 aliphatic carbocycles. The highest BCUT2D eigenvalue weighted by atomic mass is 19.1. The van der Waals surface area contributed by atoms with E-state index in [-0.39, 0.29) is 5.92 Å². The van der Waals surface area contributed by atoms with E-state index in [1.165, 1.54) is 25.4 Å². The average molecular weight is 267 g/mol. The van der Waals surface area contributed by atoms with E-state index in [0.29, 0.717) is 11.1 Å². The SMILES string of the molecule is COC(=O)C1=CNC(C)(c2ccc(F)cc2F)C1C. The minimum atomic E-state index is -0.804. The molecule has 0 fully saturated rings. The number of rotatable bonds is 2. The van der Waals surface area contributed by atoms with Gasteiger partial charge in [0.25, 0.3) is 0 Å². The molecule has 19 heavy (non-hydrogen) atoms. The maximum absolute atomic E-state index is 13.9. The molecule has 0 saturated carbocycles. The number of benzene rings is 1. The topological polar surface area (TPSA) is 38.3 Å². The van der Waals surface area contributed by atoms with Gasteiger partial charge >= 0.3 is 5.97 Å². The molecule has 3 nitrogen and oxygen atoms in total. The molecule has 2 unspecified atom stereocenters. The molecule has 1 aromatic carbocycles. The van der Waals surface area contributed by atoms with Crippen LogP contribution in [0.1, 0.15) is 19.4 Å². The first-order chi connectivity index (χ1) is 8.90. The molecule has 0 bridgehead atoms. The van der Waals surface area contributed by atoms with Crippen molar-refractivity contribution in [2.24, 2.45) is 5.92 Å². The van der Waals surface area contributed by atoms with Crippen LogP contribution in [-0.4, -0.2) is 13.1 Å². The van der Waals surface area contributed by atoms with Crippen LogP contribution in [0.2, 0.25) is 0 Å². The van der Waals surface area contributed by atoms with E-state index in [9.17, 15) is 13.6 Å². The summed E-state index contributed by atoms with van der Waals surface area (Å²) < 4.78 is 31.6. The maximum Gasteiger partial charge on any atom is 0.335 e. The van der Waals surface area contributed by atoms with Gasteiger partial charge in [0.2, 0.25) is 0 Å². The molecule has 0 radical (unpaired) electrons. The first-order valence-electron chi connectivity index (χ1n) is 5.91. The fraction of sp³-hybridized carbons (Fsp3) is 0.357. The van der Waals surface area contributed by atoms with Crippen molar-refractivity contribution >= 4 is 5.97 Å². The summed E-state index contributed by atoms with van der Waals surface area (Å²) in [5.74, 6) is -2.01. The second kappa shape index (κ2) is 4.64. The number of carbonyl (C=O) groups excluding carboxylic acids is 1. The quantitative estimate of drug-likeness (QED) is 0.837. The summed E-state index contributed by atoms with van der Waals surface area (Å²) in [6.45, 7) is 3.56. The minimum Gasteiger partial charge on any atom is -0.466 e. The summed E-state index contributed by atoms with van der Waals surface area (Å²) in [6.07, 6.45) is 1.53. The molecular weight excluding hydrogens is 252 g/mol. The van der Waals surface area contributed by atoms with Crippen molar-refractivity contribution < 1.29 is 18.3 Å². The molecule has 1 heterocycles. The standard InChI is InChI=1S/C14H15F2NO2/c1-8-10(13(18)19-3)7-17-14(8,2)11-5-4-9(15)6-12(11)16/h4-8,17H,1-3H3. The first kappa shape index (κ1) is 13.5. The summed E-state index contributed by atoms with van der Waals surface area (Å²) >= 11 is 0. The van der Waals surface area contributed by atoms with Crippen LogP contribution in [0.3, 0.4) is 0 Å². The van der Waals surface area contributed by atoms with Crippen molar-refractivity contribution in [3.05, 3.63) is 47.2 Å². The van der Waals surface area contributed by atoms with E-state index < -0.39 is 23.1 Å². The van der Waals surface area contributed by atoms with Crippen LogP contribution >= 0.6 is 0 Å². The molecule has 0 amide bonds. The summed E-state index contributed by atoms with van der Waals surface area (Å²) in [5, 5.41) is 3.00. The maximum atomic E-state index is 13.9. The summed E-state index contributed by atoms with van der Waals surface area (Å²) in [4.78, 5) is 11.6. The van der Waals surface area contributed by atoms with Gasteiger partial charge in [-0.1, -0.05) is 13.0 Å². The predicted molar refractivity (Wildman–Crippen MR) is 66.1 cm³/mol. The third kappa shape index (κ3) is 2.09. The fourth-order valence-corrected chi connectivity index (χ4v) is 2.36. The predicted octanol–water partition coefficient (Wildman–Crippen LogP) is 2.48. The lowest BCUT2D eigenvalue weighted by Gasteiger charge is -2.32. The van der Waals surface area contributed by atoms with Gasteiger partial charge in [-0.2, -0.15) is 0 Å². The van der Waals surface area contributed by atoms with Crippen LogP contribution in [0.25, 0.3) is 0 Å². The summed E-state index contributed by atoms with van der Waals surface area (Å²) in [6, 6.07) is 3.43. The van der Waals surface area contributed by atoms with Crippen molar-refractivity contribution in [2.75, 3.05) is 7.11 Å². The minimum absolute atomic E-state index is 0.292. The zero-order chi connectivity index (χ0) is 14.2. The summed E-state index contributed by atoms with van der Waals surface area (Å²) in [7, 11) is 1.30. The van der Waals surface area contributed by atoms with Gasteiger partial charge < -0.3 is 10.1 Å². The van der Waals surface area contributed by atoms with E-state index in [2.05, 4.69) is 10.1 Å². The molecule has 0 saturated heterocycles. The Morgan fingerprint density at radius 3 is 2.68 bits per heavy atom. The molecule has 1 aliphatic heterocycles. The largest absolute Gasteiger partial charge is 0.466 e. The normalized spacial score (nSPS) is 25.7. The number of ether oxygens (including phenoxy) is 1. The number of hydrogen-bond acceptors (Lipinski definition) is 3. The number of esters is 1. The Morgan fingerprint density at radius 1 is 1.42 bits per heavy atom. The molecule has 2 atom stereocenters. The number of carbonyl (C=O) groups is 1. The molecule has 102 valence electrons. The third-order valence-electron chi connectivity index (χ3n) is 3.77. The molecule has 2 rings (SSSR count). The Morgan fingerprint density at radius 2 is 2.11 bits per heavy atom. The average Bonchev–Trinajstić information content (AvgIpc) is 2.66. The molecular formula is C14H15F2NO2. The van der Waals surface area contributed by atoms with Crippen LogP contribution in [0, 0.1) is 17.6 Å². The molecule has 1 aliphatic rings. The van der Waals surface area contributed by atoms with Gasteiger partial charge in [-0.25, -0.2) is 13.6 Å². The van der Waals surface area contributed by atoms with Crippen molar-refractivity contribution in [1.82, 2.24) is 5.32 Å². The van der Waals surface area contributed by atoms with Crippen molar-refractivity contribution in [3.8, 4) is 0 Å². The van der Waals surface area contributed by atoms with Crippen molar-refractivity contribution in [2.45, 2.75) is 19.4 Å². The zero-order valence-corrected chi connectivity index (χ0v) is 11.0. The Labute approximate surface area is 110 Å². The highest BCUT2D eigenvalue weighted by molar-refractivity contribution is 5.89. The lowest BCUT2D eigenvalue weighted by atomic mass is 9.79. The second-order valence-corrected chi connectivity index (χ2v) is 4.78. The Balaban J connectivity index is 2.38. The smallest absolute Gasteiger partial charge is 0.335 e. The van der Waals surface area contributed by atoms with Crippen molar-refractivity contribution in [1.29, 1.82) is 0 Å². The van der Waals surface area contributed by atoms with E-state index >= 15 is 0 Å². The van der Waals surface area contributed by atoms with Gasteiger partial charge in [-0.3, -0.25) is 0 Å².